The maximum Gasteiger partial charge on any atom is 0.227 e. The summed E-state index contributed by atoms with van der Waals surface area (Å²) in [6, 6.07) is 8.26. The van der Waals surface area contributed by atoms with Crippen molar-refractivity contribution in [2.24, 2.45) is 7.05 Å². The first-order chi connectivity index (χ1) is 16.2. The number of aromatic nitrogens is 5. The van der Waals surface area contributed by atoms with Gasteiger partial charge in [-0.3, -0.25) is 4.68 Å². The van der Waals surface area contributed by atoms with Crippen molar-refractivity contribution in [2.75, 3.05) is 30.5 Å². The molecular formula is C24H27N7O2. The first-order valence-corrected chi connectivity index (χ1v) is 11.2. The average Bonchev–Trinajstić information content (AvgIpc) is 3.28. The number of rotatable bonds is 7. The predicted molar refractivity (Wildman–Crippen MR) is 128 cm³/mol. The summed E-state index contributed by atoms with van der Waals surface area (Å²) in [5.41, 5.74) is 3.64. The number of anilines is 3. The number of fused-ring (bicyclic) bond motifs is 1. The lowest BCUT2D eigenvalue weighted by Crippen LogP contribution is -2.28. The molecule has 170 valence electrons. The maximum atomic E-state index is 5.91. The van der Waals surface area contributed by atoms with Crippen LogP contribution in [0.25, 0.3) is 22.0 Å². The van der Waals surface area contributed by atoms with Crippen LogP contribution in [0.3, 0.4) is 0 Å². The highest BCUT2D eigenvalue weighted by atomic mass is 16.5. The molecule has 0 atom stereocenters. The predicted octanol–water partition coefficient (Wildman–Crippen LogP) is 4.16. The number of nitrogens with one attached hydrogen (secondary N) is 2. The Labute approximate surface area is 192 Å². The Hall–Kier alpha value is -3.72. The van der Waals surface area contributed by atoms with E-state index in [2.05, 4.69) is 25.7 Å². The molecule has 0 radical (unpaired) electrons. The van der Waals surface area contributed by atoms with Gasteiger partial charge in [-0.2, -0.15) is 5.10 Å². The Balaban J connectivity index is 1.43. The minimum Gasteiger partial charge on any atom is -0.492 e. The summed E-state index contributed by atoms with van der Waals surface area (Å²) in [5, 5.41) is 12.0. The second-order valence-electron chi connectivity index (χ2n) is 7.99. The minimum absolute atomic E-state index is 0.327. The molecule has 1 aromatic carbocycles. The Morgan fingerprint density at radius 2 is 2.00 bits per heavy atom. The summed E-state index contributed by atoms with van der Waals surface area (Å²) < 4.78 is 13.2. The third-order valence-corrected chi connectivity index (χ3v) is 5.63. The van der Waals surface area contributed by atoms with Gasteiger partial charge in [0.1, 0.15) is 11.3 Å². The van der Waals surface area contributed by atoms with Crippen LogP contribution in [-0.2, 0) is 11.8 Å². The van der Waals surface area contributed by atoms with Gasteiger partial charge in [0.25, 0.3) is 0 Å². The van der Waals surface area contributed by atoms with E-state index < -0.39 is 0 Å². The summed E-state index contributed by atoms with van der Waals surface area (Å²) in [6.45, 7) is 4.04. The molecule has 1 saturated heterocycles. The fraction of sp³-hybridized carbons (Fsp3) is 0.333. The molecule has 4 aromatic rings. The lowest BCUT2D eigenvalue weighted by molar-refractivity contribution is 0.0904. The maximum absolute atomic E-state index is 5.91. The Morgan fingerprint density at radius 1 is 1.12 bits per heavy atom. The quantitative estimate of drug-likeness (QED) is 0.438. The molecule has 9 nitrogen and oxygen atoms in total. The summed E-state index contributed by atoms with van der Waals surface area (Å²) in [6.07, 6.45) is 9.32. The largest absolute Gasteiger partial charge is 0.492 e. The van der Waals surface area contributed by atoms with E-state index in [1.54, 1.807) is 10.9 Å². The van der Waals surface area contributed by atoms with E-state index in [0.29, 0.717) is 18.6 Å². The van der Waals surface area contributed by atoms with E-state index >= 15 is 0 Å². The molecule has 0 amide bonds. The van der Waals surface area contributed by atoms with E-state index in [-0.39, 0.29) is 0 Å². The van der Waals surface area contributed by atoms with Crippen LogP contribution >= 0.6 is 0 Å². The lowest BCUT2D eigenvalue weighted by Gasteiger charge is -2.24. The molecule has 1 aliphatic rings. The van der Waals surface area contributed by atoms with E-state index in [1.165, 1.54) is 0 Å². The van der Waals surface area contributed by atoms with Gasteiger partial charge in [0.15, 0.2) is 5.82 Å². The Bertz CT molecular complexity index is 1250. The number of nitrogens with zero attached hydrogens (tertiary/aromatic N) is 5. The van der Waals surface area contributed by atoms with E-state index in [9.17, 15) is 0 Å². The van der Waals surface area contributed by atoms with Crippen LogP contribution in [-0.4, -0.2) is 50.6 Å². The van der Waals surface area contributed by atoms with Gasteiger partial charge < -0.3 is 20.1 Å². The highest BCUT2D eigenvalue weighted by Gasteiger charge is 2.16. The third-order valence-electron chi connectivity index (χ3n) is 5.63. The number of benzene rings is 1. The number of ether oxygens (including phenoxy) is 2. The summed E-state index contributed by atoms with van der Waals surface area (Å²) in [7, 11) is 1.90. The fourth-order valence-corrected chi connectivity index (χ4v) is 3.93. The molecule has 1 fully saturated rings. The Morgan fingerprint density at radius 3 is 2.79 bits per heavy atom. The van der Waals surface area contributed by atoms with E-state index in [0.717, 1.165) is 65.3 Å². The number of aryl methyl sites for hydroxylation is 1. The minimum atomic E-state index is 0.327. The summed E-state index contributed by atoms with van der Waals surface area (Å²) >= 11 is 0. The second-order valence-corrected chi connectivity index (χ2v) is 7.99. The molecule has 1 aliphatic heterocycles. The molecule has 0 spiro atoms. The highest BCUT2D eigenvalue weighted by Crippen LogP contribution is 2.33. The molecule has 9 heteroatoms. The van der Waals surface area contributed by atoms with Crippen molar-refractivity contribution in [3.63, 3.8) is 0 Å². The van der Waals surface area contributed by atoms with Crippen molar-refractivity contribution in [2.45, 2.75) is 25.8 Å². The van der Waals surface area contributed by atoms with Crippen LogP contribution in [0.2, 0.25) is 0 Å². The normalized spacial score (nSPS) is 14.4. The molecule has 0 unspecified atom stereocenters. The molecule has 3 aromatic heterocycles. The number of hydrogen-bond acceptors (Lipinski definition) is 8. The van der Waals surface area contributed by atoms with E-state index in [4.69, 9.17) is 14.5 Å². The van der Waals surface area contributed by atoms with Gasteiger partial charge in [-0.15, -0.1) is 0 Å². The molecule has 4 heterocycles. The highest BCUT2D eigenvalue weighted by molar-refractivity contribution is 5.88. The van der Waals surface area contributed by atoms with Crippen LogP contribution in [0.15, 0.2) is 49.1 Å². The van der Waals surface area contributed by atoms with Gasteiger partial charge in [0, 0.05) is 55.8 Å². The van der Waals surface area contributed by atoms with Crippen LogP contribution in [0.1, 0.15) is 19.8 Å². The first-order valence-electron chi connectivity index (χ1n) is 11.2. The van der Waals surface area contributed by atoms with Crippen molar-refractivity contribution in [3.05, 3.63) is 49.1 Å². The Kier molecular flexibility index (Phi) is 6.03. The standard InChI is InChI=1S/C24H27N7O2/c1-3-33-21-12-16(18-14-27-31(2)15-18)4-5-20(21)29-24-26-13-17-6-9-25-23(22(17)30-24)28-19-7-10-32-11-8-19/h4-6,9,12-15,19H,3,7-8,10-11H2,1-2H3,(H,25,28)(H,26,29,30). The molecule has 5 rings (SSSR count). The first kappa shape index (κ1) is 21.1. The van der Waals surface area contributed by atoms with Gasteiger partial charge in [-0.05, 0) is 43.5 Å². The summed E-state index contributed by atoms with van der Waals surface area (Å²) in [4.78, 5) is 13.8. The number of hydrogen-bond donors (Lipinski definition) is 2. The third kappa shape index (κ3) is 4.73. The van der Waals surface area contributed by atoms with Crippen molar-refractivity contribution >= 4 is 28.4 Å². The topological polar surface area (TPSA) is 99.0 Å². The van der Waals surface area contributed by atoms with Crippen molar-refractivity contribution in [3.8, 4) is 16.9 Å². The van der Waals surface area contributed by atoms with E-state index in [1.807, 2.05) is 56.8 Å². The monoisotopic (exact) mass is 445 g/mol. The average molecular weight is 446 g/mol. The molecule has 0 saturated carbocycles. The molecule has 2 N–H and O–H groups in total. The zero-order chi connectivity index (χ0) is 22.6. The van der Waals surface area contributed by atoms with Crippen molar-refractivity contribution < 1.29 is 9.47 Å². The zero-order valence-electron chi connectivity index (χ0n) is 18.8. The van der Waals surface area contributed by atoms with Gasteiger partial charge >= 0.3 is 0 Å². The SMILES string of the molecule is CCOc1cc(-c2cnn(C)c2)ccc1Nc1ncc2ccnc(NC3CCOCC3)c2n1. The van der Waals surface area contributed by atoms with Gasteiger partial charge in [-0.1, -0.05) is 6.07 Å². The molecular weight excluding hydrogens is 418 g/mol. The summed E-state index contributed by atoms with van der Waals surface area (Å²) in [5.74, 6) is 1.98. The van der Waals surface area contributed by atoms with Crippen molar-refractivity contribution in [1.82, 2.24) is 24.7 Å². The van der Waals surface area contributed by atoms with Crippen molar-refractivity contribution in [1.29, 1.82) is 0 Å². The van der Waals surface area contributed by atoms with Gasteiger partial charge in [-0.25, -0.2) is 15.0 Å². The zero-order valence-corrected chi connectivity index (χ0v) is 18.8. The smallest absolute Gasteiger partial charge is 0.227 e. The number of pyridine rings is 1. The van der Waals surface area contributed by atoms with Crippen LogP contribution < -0.4 is 15.4 Å². The molecule has 0 aliphatic carbocycles. The van der Waals surface area contributed by atoms with Crippen LogP contribution in [0.4, 0.5) is 17.5 Å². The molecule has 0 bridgehead atoms. The second kappa shape index (κ2) is 9.41. The van der Waals surface area contributed by atoms with Crippen LogP contribution in [0, 0.1) is 0 Å². The van der Waals surface area contributed by atoms with Gasteiger partial charge in [0.05, 0.1) is 18.5 Å². The molecule has 33 heavy (non-hydrogen) atoms. The fourth-order valence-electron chi connectivity index (χ4n) is 3.93. The van der Waals surface area contributed by atoms with Gasteiger partial charge in [0.2, 0.25) is 5.95 Å². The van der Waals surface area contributed by atoms with Crippen LogP contribution in [0.5, 0.6) is 5.75 Å². The lowest BCUT2D eigenvalue weighted by atomic mass is 10.1.